The number of amides is 1. The van der Waals surface area contributed by atoms with Crippen LogP contribution in [0.1, 0.15) is 42.7 Å². The molecule has 2 saturated heterocycles. The number of morpholine rings is 1. The van der Waals surface area contributed by atoms with Crippen molar-refractivity contribution in [3.05, 3.63) is 36.3 Å². The SMILES string of the molecule is O=C(c1ccco1)N1CCC2(CC1)CN(CC1CC=CCC1)CCO2. The number of likely N-dealkylation sites (tertiary alicyclic amines) is 1. The molecule has 1 atom stereocenters. The summed E-state index contributed by atoms with van der Waals surface area (Å²) in [6, 6.07) is 3.51. The second kappa shape index (κ2) is 7.34. The van der Waals surface area contributed by atoms with Crippen LogP contribution >= 0.6 is 0 Å². The number of rotatable bonds is 3. The van der Waals surface area contributed by atoms with Crippen LogP contribution in [-0.2, 0) is 4.74 Å². The molecule has 5 heteroatoms. The van der Waals surface area contributed by atoms with Crippen LogP contribution in [0.2, 0.25) is 0 Å². The van der Waals surface area contributed by atoms with Gasteiger partial charge in [-0.1, -0.05) is 12.2 Å². The number of piperidine rings is 1. The highest BCUT2D eigenvalue weighted by molar-refractivity contribution is 5.91. The van der Waals surface area contributed by atoms with Gasteiger partial charge in [0.25, 0.3) is 5.91 Å². The lowest BCUT2D eigenvalue weighted by Crippen LogP contribution is -2.58. The first-order chi connectivity index (χ1) is 12.2. The Bertz CT molecular complexity index is 602. The van der Waals surface area contributed by atoms with E-state index in [1.807, 2.05) is 4.90 Å². The molecule has 3 aliphatic rings. The molecule has 5 nitrogen and oxygen atoms in total. The van der Waals surface area contributed by atoms with E-state index in [1.54, 1.807) is 18.4 Å². The number of carbonyl (C=O) groups is 1. The zero-order valence-corrected chi connectivity index (χ0v) is 14.9. The van der Waals surface area contributed by atoms with E-state index in [9.17, 15) is 4.79 Å². The lowest BCUT2D eigenvalue weighted by Gasteiger charge is -2.47. The molecular weight excluding hydrogens is 316 g/mol. The first-order valence-electron chi connectivity index (χ1n) is 9.58. The van der Waals surface area contributed by atoms with E-state index in [0.717, 1.165) is 51.5 Å². The lowest BCUT2D eigenvalue weighted by atomic mass is 9.88. The Balaban J connectivity index is 1.32. The van der Waals surface area contributed by atoms with Crippen LogP contribution in [0.3, 0.4) is 0 Å². The maximum atomic E-state index is 12.4. The van der Waals surface area contributed by atoms with Gasteiger partial charge in [0.15, 0.2) is 5.76 Å². The van der Waals surface area contributed by atoms with E-state index in [0.29, 0.717) is 5.76 Å². The van der Waals surface area contributed by atoms with Gasteiger partial charge in [0.2, 0.25) is 0 Å². The molecule has 0 N–H and O–H groups in total. The third-order valence-electron chi connectivity index (χ3n) is 5.92. The van der Waals surface area contributed by atoms with Gasteiger partial charge in [0, 0.05) is 32.7 Å². The van der Waals surface area contributed by atoms with Gasteiger partial charge in [0.05, 0.1) is 18.5 Å². The Morgan fingerprint density at radius 3 is 2.84 bits per heavy atom. The number of allylic oxidation sites excluding steroid dienone is 2. The fraction of sp³-hybridized carbons (Fsp3) is 0.650. The van der Waals surface area contributed by atoms with Gasteiger partial charge in [-0.2, -0.15) is 0 Å². The smallest absolute Gasteiger partial charge is 0.289 e. The quantitative estimate of drug-likeness (QED) is 0.791. The fourth-order valence-electron chi connectivity index (χ4n) is 4.44. The first-order valence-corrected chi connectivity index (χ1v) is 9.58. The molecule has 0 radical (unpaired) electrons. The molecule has 2 aliphatic heterocycles. The summed E-state index contributed by atoms with van der Waals surface area (Å²) in [4.78, 5) is 16.9. The fourth-order valence-corrected chi connectivity index (χ4v) is 4.44. The number of hydrogen-bond donors (Lipinski definition) is 0. The van der Waals surface area contributed by atoms with Gasteiger partial charge >= 0.3 is 0 Å². The highest BCUT2D eigenvalue weighted by atomic mass is 16.5. The molecular formula is C20H28N2O3. The Kier molecular flexibility index (Phi) is 4.95. The molecule has 1 aromatic rings. The zero-order valence-electron chi connectivity index (χ0n) is 14.9. The Labute approximate surface area is 149 Å². The van der Waals surface area contributed by atoms with Crippen molar-refractivity contribution in [1.29, 1.82) is 0 Å². The minimum Gasteiger partial charge on any atom is -0.459 e. The molecule has 4 rings (SSSR count). The molecule has 1 unspecified atom stereocenters. The zero-order chi connectivity index (χ0) is 17.1. The molecule has 3 heterocycles. The van der Waals surface area contributed by atoms with E-state index in [1.165, 1.54) is 25.8 Å². The van der Waals surface area contributed by atoms with Crippen LogP contribution < -0.4 is 0 Å². The number of ether oxygens (including phenoxy) is 1. The van der Waals surface area contributed by atoms with Crippen molar-refractivity contribution >= 4 is 5.91 Å². The highest BCUT2D eigenvalue weighted by Gasteiger charge is 2.41. The normalized spacial score (nSPS) is 26.9. The lowest BCUT2D eigenvalue weighted by molar-refractivity contribution is -0.134. The van der Waals surface area contributed by atoms with Crippen molar-refractivity contribution in [2.75, 3.05) is 39.3 Å². The van der Waals surface area contributed by atoms with Crippen LogP contribution in [0.15, 0.2) is 35.0 Å². The minimum absolute atomic E-state index is 0.00140. The van der Waals surface area contributed by atoms with Crippen LogP contribution in [0.4, 0.5) is 0 Å². The van der Waals surface area contributed by atoms with Crippen molar-refractivity contribution in [2.24, 2.45) is 5.92 Å². The molecule has 2 fully saturated rings. The van der Waals surface area contributed by atoms with Gasteiger partial charge in [-0.25, -0.2) is 0 Å². The van der Waals surface area contributed by atoms with Crippen molar-refractivity contribution < 1.29 is 13.9 Å². The van der Waals surface area contributed by atoms with E-state index >= 15 is 0 Å². The van der Waals surface area contributed by atoms with E-state index < -0.39 is 0 Å². The second-order valence-corrected chi connectivity index (χ2v) is 7.69. The van der Waals surface area contributed by atoms with E-state index in [-0.39, 0.29) is 11.5 Å². The van der Waals surface area contributed by atoms with E-state index in [2.05, 4.69) is 17.1 Å². The third kappa shape index (κ3) is 3.82. The predicted octanol–water partition coefficient (Wildman–Crippen LogP) is 2.94. The summed E-state index contributed by atoms with van der Waals surface area (Å²) in [5.41, 5.74) is -0.0668. The summed E-state index contributed by atoms with van der Waals surface area (Å²) in [5, 5.41) is 0. The van der Waals surface area contributed by atoms with Crippen LogP contribution in [0, 0.1) is 5.92 Å². The molecule has 1 amide bonds. The molecule has 0 aromatic carbocycles. The Morgan fingerprint density at radius 1 is 1.24 bits per heavy atom. The summed E-state index contributed by atoms with van der Waals surface area (Å²) < 4.78 is 11.5. The first kappa shape index (κ1) is 16.9. The summed E-state index contributed by atoms with van der Waals surface area (Å²) in [6.07, 6.45) is 11.8. The summed E-state index contributed by atoms with van der Waals surface area (Å²) in [6.45, 7) is 5.55. The maximum absolute atomic E-state index is 12.4. The number of carbonyl (C=O) groups excluding carboxylic acids is 1. The molecule has 1 spiro atoms. The van der Waals surface area contributed by atoms with Crippen molar-refractivity contribution in [1.82, 2.24) is 9.80 Å². The summed E-state index contributed by atoms with van der Waals surface area (Å²) in [5.74, 6) is 1.23. The second-order valence-electron chi connectivity index (χ2n) is 7.69. The Morgan fingerprint density at radius 2 is 2.12 bits per heavy atom. The summed E-state index contributed by atoms with van der Waals surface area (Å²) >= 11 is 0. The average Bonchev–Trinajstić information content (AvgIpc) is 3.18. The van der Waals surface area contributed by atoms with Gasteiger partial charge in [0.1, 0.15) is 0 Å². The van der Waals surface area contributed by atoms with Crippen LogP contribution in [0.5, 0.6) is 0 Å². The molecule has 25 heavy (non-hydrogen) atoms. The largest absolute Gasteiger partial charge is 0.459 e. The van der Waals surface area contributed by atoms with Gasteiger partial charge in [-0.05, 0) is 50.2 Å². The highest BCUT2D eigenvalue weighted by Crippen LogP contribution is 2.32. The predicted molar refractivity (Wildman–Crippen MR) is 95.4 cm³/mol. The standard InChI is InChI=1S/C20H28N2O3/c23-19(18-7-4-13-24-18)22-10-8-20(9-11-22)16-21(12-14-25-20)15-17-5-2-1-3-6-17/h1-2,4,7,13,17H,3,5-6,8-12,14-16H2. The van der Waals surface area contributed by atoms with Gasteiger partial charge in [-0.15, -0.1) is 0 Å². The van der Waals surface area contributed by atoms with Crippen molar-refractivity contribution in [3.8, 4) is 0 Å². The molecule has 1 aliphatic carbocycles. The molecule has 0 saturated carbocycles. The van der Waals surface area contributed by atoms with Crippen LogP contribution in [-0.4, -0.2) is 60.6 Å². The van der Waals surface area contributed by atoms with Gasteiger partial charge < -0.3 is 14.1 Å². The summed E-state index contributed by atoms with van der Waals surface area (Å²) in [7, 11) is 0. The maximum Gasteiger partial charge on any atom is 0.289 e. The number of furan rings is 1. The molecule has 0 bridgehead atoms. The van der Waals surface area contributed by atoms with E-state index in [4.69, 9.17) is 9.15 Å². The number of hydrogen-bond acceptors (Lipinski definition) is 4. The molecule has 1 aromatic heterocycles. The number of nitrogens with zero attached hydrogens (tertiary/aromatic N) is 2. The minimum atomic E-state index is -0.0668. The average molecular weight is 344 g/mol. The third-order valence-corrected chi connectivity index (χ3v) is 5.92. The van der Waals surface area contributed by atoms with Gasteiger partial charge in [-0.3, -0.25) is 9.69 Å². The van der Waals surface area contributed by atoms with Crippen molar-refractivity contribution in [2.45, 2.75) is 37.7 Å². The Hall–Kier alpha value is -1.59. The van der Waals surface area contributed by atoms with Crippen LogP contribution in [0.25, 0.3) is 0 Å². The topological polar surface area (TPSA) is 45.9 Å². The van der Waals surface area contributed by atoms with Crippen molar-refractivity contribution in [3.63, 3.8) is 0 Å². The monoisotopic (exact) mass is 344 g/mol. The molecule has 136 valence electrons.